The van der Waals surface area contributed by atoms with Crippen LogP contribution in [0.15, 0.2) is 0 Å². The molecular weight excluding hydrogens is 210 g/mol. The van der Waals surface area contributed by atoms with Crippen LogP contribution >= 0.6 is 0 Å². The average Bonchev–Trinajstić information content (AvgIpc) is 2.78. The van der Waals surface area contributed by atoms with E-state index in [1.165, 1.54) is 32.1 Å². The van der Waals surface area contributed by atoms with E-state index >= 15 is 0 Å². The van der Waals surface area contributed by atoms with E-state index in [1.807, 2.05) is 0 Å². The number of likely N-dealkylation sites (tertiary alicyclic amines) is 1. The van der Waals surface area contributed by atoms with Gasteiger partial charge in [0.15, 0.2) is 0 Å². The van der Waals surface area contributed by atoms with Crippen LogP contribution in [0.1, 0.15) is 58.8 Å². The average molecular weight is 237 g/mol. The summed E-state index contributed by atoms with van der Waals surface area (Å²) in [5.41, 5.74) is 0. The molecule has 1 aliphatic heterocycles. The van der Waals surface area contributed by atoms with Gasteiger partial charge in [0.25, 0.3) is 0 Å². The van der Waals surface area contributed by atoms with Gasteiger partial charge in [-0.05, 0) is 38.1 Å². The van der Waals surface area contributed by atoms with Gasteiger partial charge in [-0.3, -0.25) is 9.69 Å². The Morgan fingerprint density at radius 3 is 2.47 bits per heavy atom. The van der Waals surface area contributed by atoms with Gasteiger partial charge in [0.1, 0.15) is 5.78 Å². The highest BCUT2D eigenvalue weighted by atomic mass is 16.1. The Labute approximate surface area is 106 Å². The Morgan fingerprint density at radius 1 is 1.12 bits per heavy atom. The van der Waals surface area contributed by atoms with Crippen molar-refractivity contribution in [2.75, 3.05) is 13.1 Å². The lowest BCUT2D eigenvalue weighted by molar-refractivity contribution is -0.125. The number of carbonyl (C=O) groups excluding carboxylic acids is 1. The Balaban J connectivity index is 1.84. The van der Waals surface area contributed by atoms with Crippen molar-refractivity contribution < 1.29 is 4.79 Å². The van der Waals surface area contributed by atoms with E-state index < -0.39 is 0 Å². The van der Waals surface area contributed by atoms with E-state index in [0.29, 0.717) is 23.7 Å². The van der Waals surface area contributed by atoms with Crippen LogP contribution in [0.2, 0.25) is 0 Å². The van der Waals surface area contributed by atoms with Gasteiger partial charge in [-0.15, -0.1) is 0 Å². The zero-order valence-corrected chi connectivity index (χ0v) is 11.5. The molecule has 0 bridgehead atoms. The standard InChI is InChI=1S/C15H27NO/c1-12(2)14-9-6-10-16(14)11-15(17)13-7-4-3-5-8-13/h12-14H,3-11H2,1-2H3. The lowest BCUT2D eigenvalue weighted by atomic mass is 9.86. The van der Waals surface area contributed by atoms with Crippen LogP contribution in [0.3, 0.4) is 0 Å². The maximum atomic E-state index is 12.3. The second-order valence-electron chi connectivity index (χ2n) is 6.23. The second-order valence-corrected chi connectivity index (χ2v) is 6.23. The molecule has 1 unspecified atom stereocenters. The SMILES string of the molecule is CC(C)C1CCCN1CC(=O)C1CCCCC1. The molecule has 1 aliphatic carbocycles. The van der Waals surface area contributed by atoms with Crippen LogP contribution in [0.5, 0.6) is 0 Å². The van der Waals surface area contributed by atoms with E-state index in [4.69, 9.17) is 0 Å². The predicted molar refractivity (Wildman–Crippen MR) is 71.0 cm³/mol. The van der Waals surface area contributed by atoms with Gasteiger partial charge in [-0.1, -0.05) is 33.1 Å². The summed E-state index contributed by atoms with van der Waals surface area (Å²) in [6.45, 7) is 6.44. The molecular formula is C15H27NO. The number of carbonyl (C=O) groups is 1. The summed E-state index contributed by atoms with van der Waals surface area (Å²) >= 11 is 0. The number of Topliss-reactive ketones (excluding diaryl/α,β-unsaturated/α-hetero) is 1. The van der Waals surface area contributed by atoms with Gasteiger partial charge < -0.3 is 0 Å². The maximum absolute atomic E-state index is 12.3. The van der Waals surface area contributed by atoms with Gasteiger partial charge in [0, 0.05) is 12.0 Å². The quantitative estimate of drug-likeness (QED) is 0.748. The van der Waals surface area contributed by atoms with Gasteiger partial charge in [-0.2, -0.15) is 0 Å². The smallest absolute Gasteiger partial charge is 0.149 e. The minimum absolute atomic E-state index is 0.386. The number of nitrogens with zero attached hydrogens (tertiary/aromatic N) is 1. The van der Waals surface area contributed by atoms with Crippen molar-refractivity contribution in [3.05, 3.63) is 0 Å². The molecule has 2 aliphatic rings. The number of hydrogen-bond donors (Lipinski definition) is 0. The van der Waals surface area contributed by atoms with Gasteiger partial charge in [0.2, 0.25) is 0 Å². The first kappa shape index (κ1) is 13.1. The molecule has 0 aromatic heterocycles. The molecule has 1 saturated carbocycles. The third kappa shape index (κ3) is 3.31. The van der Waals surface area contributed by atoms with E-state index in [9.17, 15) is 4.79 Å². The van der Waals surface area contributed by atoms with Crippen LogP contribution in [-0.2, 0) is 4.79 Å². The summed E-state index contributed by atoms with van der Waals surface area (Å²) in [5, 5.41) is 0. The summed E-state index contributed by atoms with van der Waals surface area (Å²) in [7, 11) is 0. The van der Waals surface area contributed by atoms with Crippen molar-refractivity contribution in [3.63, 3.8) is 0 Å². The molecule has 0 spiro atoms. The topological polar surface area (TPSA) is 20.3 Å². The number of hydrogen-bond acceptors (Lipinski definition) is 2. The van der Waals surface area contributed by atoms with E-state index in [2.05, 4.69) is 18.7 Å². The molecule has 2 rings (SSSR count). The van der Waals surface area contributed by atoms with Gasteiger partial charge in [0.05, 0.1) is 6.54 Å². The molecule has 2 heteroatoms. The highest BCUT2D eigenvalue weighted by molar-refractivity contribution is 5.83. The summed E-state index contributed by atoms with van der Waals surface area (Å²) in [6, 6.07) is 0.655. The highest BCUT2D eigenvalue weighted by Gasteiger charge is 2.30. The predicted octanol–water partition coefficient (Wildman–Crippen LogP) is 3.26. The monoisotopic (exact) mass is 237 g/mol. The third-order valence-electron chi connectivity index (χ3n) is 4.60. The molecule has 17 heavy (non-hydrogen) atoms. The molecule has 2 nitrogen and oxygen atoms in total. The van der Waals surface area contributed by atoms with Crippen molar-refractivity contribution in [1.29, 1.82) is 0 Å². The minimum Gasteiger partial charge on any atom is -0.298 e. The molecule has 2 fully saturated rings. The molecule has 98 valence electrons. The summed E-state index contributed by atoms with van der Waals surface area (Å²) in [5.74, 6) is 1.60. The van der Waals surface area contributed by atoms with Crippen LogP contribution in [0.4, 0.5) is 0 Å². The van der Waals surface area contributed by atoms with Crippen molar-refractivity contribution in [2.24, 2.45) is 11.8 Å². The molecule has 0 amide bonds. The lowest BCUT2D eigenvalue weighted by Crippen LogP contribution is -2.39. The van der Waals surface area contributed by atoms with Crippen LogP contribution in [0, 0.1) is 11.8 Å². The fourth-order valence-corrected chi connectivity index (χ4v) is 3.56. The van der Waals surface area contributed by atoms with E-state index in [-0.39, 0.29) is 0 Å². The van der Waals surface area contributed by atoms with Crippen LogP contribution in [-0.4, -0.2) is 29.8 Å². The lowest BCUT2D eigenvalue weighted by Gasteiger charge is -2.29. The Kier molecular flexibility index (Phi) is 4.61. The molecule has 0 radical (unpaired) electrons. The normalized spacial score (nSPS) is 27.8. The van der Waals surface area contributed by atoms with Crippen molar-refractivity contribution in [1.82, 2.24) is 4.90 Å². The number of ketones is 1. The van der Waals surface area contributed by atoms with Crippen LogP contribution < -0.4 is 0 Å². The first-order valence-electron chi connectivity index (χ1n) is 7.45. The van der Waals surface area contributed by atoms with Gasteiger partial charge >= 0.3 is 0 Å². The molecule has 0 aromatic carbocycles. The first-order chi connectivity index (χ1) is 8.18. The zero-order chi connectivity index (χ0) is 12.3. The first-order valence-corrected chi connectivity index (χ1v) is 7.45. The molecule has 0 N–H and O–H groups in total. The minimum atomic E-state index is 0.386. The zero-order valence-electron chi connectivity index (χ0n) is 11.5. The number of rotatable bonds is 4. The van der Waals surface area contributed by atoms with Crippen molar-refractivity contribution >= 4 is 5.78 Å². The summed E-state index contributed by atoms with van der Waals surface area (Å²) < 4.78 is 0. The molecule has 0 aromatic rings. The largest absolute Gasteiger partial charge is 0.298 e. The van der Waals surface area contributed by atoms with Crippen LogP contribution in [0.25, 0.3) is 0 Å². The maximum Gasteiger partial charge on any atom is 0.149 e. The van der Waals surface area contributed by atoms with Gasteiger partial charge in [-0.25, -0.2) is 0 Å². The highest BCUT2D eigenvalue weighted by Crippen LogP contribution is 2.27. The third-order valence-corrected chi connectivity index (χ3v) is 4.60. The molecule has 1 heterocycles. The summed E-state index contributed by atoms with van der Waals surface area (Å²) in [6.07, 6.45) is 8.74. The molecule has 1 atom stereocenters. The van der Waals surface area contributed by atoms with Crippen molar-refractivity contribution in [2.45, 2.75) is 64.8 Å². The fraction of sp³-hybridized carbons (Fsp3) is 0.933. The fourth-order valence-electron chi connectivity index (χ4n) is 3.56. The second kappa shape index (κ2) is 5.99. The van der Waals surface area contributed by atoms with Crippen molar-refractivity contribution in [3.8, 4) is 0 Å². The van der Waals surface area contributed by atoms with E-state index in [1.54, 1.807) is 0 Å². The summed E-state index contributed by atoms with van der Waals surface area (Å²) in [4.78, 5) is 14.7. The Bertz CT molecular complexity index is 256. The van der Waals surface area contributed by atoms with E-state index in [0.717, 1.165) is 25.9 Å². The Hall–Kier alpha value is -0.370. The molecule has 1 saturated heterocycles. The Morgan fingerprint density at radius 2 is 1.82 bits per heavy atom.